The SMILES string of the molecule is N#Cc1cccc(NCCOc2ccccc2)c1[N+](=O)[O-]. The Morgan fingerprint density at radius 1 is 1.19 bits per heavy atom. The second kappa shape index (κ2) is 6.91. The van der Waals surface area contributed by atoms with E-state index in [2.05, 4.69) is 5.32 Å². The summed E-state index contributed by atoms with van der Waals surface area (Å²) in [6.45, 7) is 0.753. The maximum absolute atomic E-state index is 11.0. The molecule has 2 aromatic carbocycles. The average Bonchev–Trinajstić information content (AvgIpc) is 2.52. The number of benzene rings is 2. The zero-order chi connectivity index (χ0) is 15.1. The molecule has 0 spiro atoms. The molecule has 2 rings (SSSR count). The second-order valence-corrected chi connectivity index (χ2v) is 4.16. The minimum Gasteiger partial charge on any atom is -0.492 e. The van der Waals surface area contributed by atoms with Gasteiger partial charge < -0.3 is 10.1 Å². The van der Waals surface area contributed by atoms with Crippen molar-refractivity contribution in [2.45, 2.75) is 0 Å². The number of nitro benzene ring substituents is 1. The van der Waals surface area contributed by atoms with Crippen LogP contribution in [0.2, 0.25) is 0 Å². The van der Waals surface area contributed by atoms with Crippen LogP contribution in [0.4, 0.5) is 11.4 Å². The highest BCUT2D eigenvalue weighted by atomic mass is 16.6. The van der Waals surface area contributed by atoms with Crippen molar-refractivity contribution in [3.8, 4) is 11.8 Å². The molecule has 6 heteroatoms. The van der Waals surface area contributed by atoms with E-state index in [9.17, 15) is 10.1 Å². The molecule has 21 heavy (non-hydrogen) atoms. The van der Waals surface area contributed by atoms with Crippen LogP contribution in [0.1, 0.15) is 5.56 Å². The molecule has 0 saturated heterocycles. The van der Waals surface area contributed by atoms with Crippen LogP contribution < -0.4 is 10.1 Å². The molecule has 0 heterocycles. The second-order valence-electron chi connectivity index (χ2n) is 4.16. The van der Waals surface area contributed by atoms with E-state index in [1.54, 1.807) is 12.1 Å². The van der Waals surface area contributed by atoms with Crippen LogP contribution in [0.5, 0.6) is 5.75 Å². The minimum absolute atomic E-state index is 0.0361. The molecule has 6 nitrogen and oxygen atoms in total. The molecule has 0 fully saturated rings. The smallest absolute Gasteiger partial charge is 0.309 e. The van der Waals surface area contributed by atoms with Crippen LogP contribution in [0.3, 0.4) is 0 Å². The van der Waals surface area contributed by atoms with Gasteiger partial charge in [-0.3, -0.25) is 10.1 Å². The van der Waals surface area contributed by atoms with E-state index in [1.807, 2.05) is 36.4 Å². The van der Waals surface area contributed by atoms with Gasteiger partial charge in [-0.2, -0.15) is 5.26 Å². The number of nitriles is 1. The molecule has 0 unspecified atom stereocenters. The van der Waals surface area contributed by atoms with Crippen LogP contribution in [0.15, 0.2) is 48.5 Å². The number of hydrogen-bond acceptors (Lipinski definition) is 5. The number of anilines is 1. The van der Waals surface area contributed by atoms with E-state index in [1.165, 1.54) is 6.07 Å². The molecule has 1 N–H and O–H groups in total. The molecule has 0 aliphatic rings. The van der Waals surface area contributed by atoms with Crippen LogP contribution in [-0.2, 0) is 0 Å². The molecule has 0 bridgehead atoms. The van der Waals surface area contributed by atoms with Gasteiger partial charge in [0.15, 0.2) is 0 Å². The van der Waals surface area contributed by atoms with Gasteiger partial charge in [0, 0.05) is 6.54 Å². The zero-order valence-corrected chi connectivity index (χ0v) is 11.2. The summed E-state index contributed by atoms with van der Waals surface area (Å²) in [5.74, 6) is 0.736. The summed E-state index contributed by atoms with van der Waals surface area (Å²) in [4.78, 5) is 10.5. The maximum Gasteiger partial charge on any atom is 0.309 e. The number of ether oxygens (including phenoxy) is 1. The normalized spacial score (nSPS) is 9.67. The van der Waals surface area contributed by atoms with Gasteiger partial charge >= 0.3 is 5.69 Å². The van der Waals surface area contributed by atoms with Gasteiger partial charge in [-0.05, 0) is 24.3 Å². The highest BCUT2D eigenvalue weighted by molar-refractivity contribution is 5.68. The Labute approximate surface area is 121 Å². The summed E-state index contributed by atoms with van der Waals surface area (Å²) in [7, 11) is 0. The third kappa shape index (κ3) is 3.70. The monoisotopic (exact) mass is 283 g/mol. The lowest BCUT2D eigenvalue weighted by molar-refractivity contribution is -0.384. The van der Waals surface area contributed by atoms with Crippen LogP contribution in [0, 0.1) is 21.4 Å². The first kappa shape index (κ1) is 14.3. The minimum atomic E-state index is -0.557. The van der Waals surface area contributed by atoms with E-state index in [0.29, 0.717) is 18.8 Å². The van der Waals surface area contributed by atoms with Crippen molar-refractivity contribution < 1.29 is 9.66 Å². The van der Waals surface area contributed by atoms with Gasteiger partial charge in [-0.1, -0.05) is 24.3 Å². The molecule has 0 saturated carbocycles. The summed E-state index contributed by atoms with van der Waals surface area (Å²) in [6, 6.07) is 15.7. The third-order valence-electron chi connectivity index (χ3n) is 2.77. The van der Waals surface area contributed by atoms with Crippen molar-refractivity contribution in [1.29, 1.82) is 5.26 Å². The molecule has 0 aromatic heterocycles. The maximum atomic E-state index is 11.0. The number of nitrogens with one attached hydrogen (secondary N) is 1. The molecular formula is C15H13N3O3. The van der Waals surface area contributed by atoms with Crippen molar-refractivity contribution >= 4 is 11.4 Å². The zero-order valence-electron chi connectivity index (χ0n) is 11.2. The Bertz CT molecular complexity index is 666. The molecule has 0 aliphatic heterocycles. The van der Waals surface area contributed by atoms with E-state index in [-0.39, 0.29) is 11.3 Å². The standard InChI is InChI=1S/C15H13N3O3/c16-11-12-5-4-8-14(15(12)18(19)20)17-9-10-21-13-6-2-1-3-7-13/h1-8,17H,9-10H2. The van der Waals surface area contributed by atoms with Crippen LogP contribution in [-0.4, -0.2) is 18.1 Å². The lowest BCUT2D eigenvalue weighted by Gasteiger charge is -2.09. The predicted octanol–water partition coefficient (Wildman–Crippen LogP) is 2.96. The Kier molecular flexibility index (Phi) is 4.72. The van der Waals surface area contributed by atoms with Crippen molar-refractivity contribution in [1.82, 2.24) is 0 Å². The Balaban J connectivity index is 1.98. The first-order valence-corrected chi connectivity index (χ1v) is 6.31. The van der Waals surface area contributed by atoms with E-state index >= 15 is 0 Å². The quantitative estimate of drug-likeness (QED) is 0.500. The number of nitro groups is 1. The van der Waals surface area contributed by atoms with Gasteiger partial charge in [0.1, 0.15) is 29.7 Å². The van der Waals surface area contributed by atoms with E-state index in [0.717, 1.165) is 5.75 Å². The van der Waals surface area contributed by atoms with Crippen molar-refractivity contribution in [2.75, 3.05) is 18.5 Å². The Hall–Kier alpha value is -3.07. The Morgan fingerprint density at radius 2 is 1.95 bits per heavy atom. The summed E-state index contributed by atoms with van der Waals surface area (Å²) in [5, 5.41) is 22.9. The van der Waals surface area contributed by atoms with Crippen molar-refractivity contribution in [2.24, 2.45) is 0 Å². The Morgan fingerprint density at radius 3 is 2.62 bits per heavy atom. The van der Waals surface area contributed by atoms with Crippen molar-refractivity contribution in [3.63, 3.8) is 0 Å². The predicted molar refractivity (Wildman–Crippen MR) is 78.2 cm³/mol. The third-order valence-corrected chi connectivity index (χ3v) is 2.77. The molecule has 0 aliphatic carbocycles. The lowest BCUT2D eigenvalue weighted by atomic mass is 10.1. The number of nitrogens with zero attached hydrogens (tertiary/aromatic N) is 2. The fourth-order valence-electron chi connectivity index (χ4n) is 1.84. The molecule has 0 atom stereocenters. The topological polar surface area (TPSA) is 88.2 Å². The fraction of sp³-hybridized carbons (Fsp3) is 0.133. The molecule has 0 amide bonds. The summed E-state index contributed by atoms with van der Waals surface area (Å²) in [5.41, 5.74) is 0.143. The fourth-order valence-corrected chi connectivity index (χ4v) is 1.84. The molecule has 2 aromatic rings. The van der Waals surface area contributed by atoms with Gasteiger partial charge in [0.2, 0.25) is 0 Å². The lowest BCUT2D eigenvalue weighted by Crippen LogP contribution is -2.12. The molecule has 106 valence electrons. The summed E-state index contributed by atoms with van der Waals surface area (Å²) < 4.78 is 5.49. The van der Waals surface area contributed by atoms with E-state index < -0.39 is 4.92 Å². The first-order valence-electron chi connectivity index (χ1n) is 6.31. The summed E-state index contributed by atoms with van der Waals surface area (Å²) >= 11 is 0. The van der Waals surface area contributed by atoms with Gasteiger partial charge in [0.25, 0.3) is 0 Å². The first-order chi connectivity index (χ1) is 10.2. The van der Waals surface area contributed by atoms with Crippen LogP contribution in [0.25, 0.3) is 0 Å². The average molecular weight is 283 g/mol. The number of rotatable bonds is 6. The highest BCUT2D eigenvalue weighted by Crippen LogP contribution is 2.27. The summed E-state index contributed by atoms with van der Waals surface area (Å²) in [6.07, 6.45) is 0. The molecule has 0 radical (unpaired) electrons. The largest absolute Gasteiger partial charge is 0.492 e. The van der Waals surface area contributed by atoms with Crippen molar-refractivity contribution in [3.05, 3.63) is 64.2 Å². The number of hydrogen-bond donors (Lipinski definition) is 1. The van der Waals surface area contributed by atoms with Gasteiger partial charge in [-0.25, -0.2) is 0 Å². The molecular weight excluding hydrogens is 270 g/mol. The van der Waals surface area contributed by atoms with E-state index in [4.69, 9.17) is 10.00 Å². The highest BCUT2D eigenvalue weighted by Gasteiger charge is 2.18. The van der Waals surface area contributed by atoms with Gasteiger partial charge in [-0.15, -0.1) is 0 Å². The number of para-hydroxylation sites is 2. The van der Waals surface area contributed by atoms with Gasteiger partial charge in [0.05, 0.1) is 4.92 Å². The van der Waals surface area contributed by atoms with Crippen LogP contribution >= 0.6 is 0 Å².